The highest BCUT2D eigenvalue weighted by Crippen LogP contribution is 2.40. The van der Waals surface area contributed by atoms with Crippen LogP contribution in [0.2, 0.25) is 5.02 Å². The van der Waals surface area contributed by atoms with Gasteiger partial charge in [0.15, 0.2) is 0 Å². The maximum absolute atomic E-state index is 14.3. The second kappa shape index (κ2) is 21.7. The van der Waals surface area contributed by atoms with E-state index in [0.29, 0.717) is 106 Å². The maximum Gasteiger partial charge on any atom is 0.317 e. The van der Waals surface area contributed by atoms with Crippen LogP contribution in [0.4, 0.5) is 40.7 Å². The largest absolute Gasteiger partial charge is 0.382 e. The van der Waals surface area contributed by atoms with Crippen molar-refractivity contribution in [1.29, 1.82) is 0 Å². The van der Waals surface area contributed by atoms with Crippen LogP contribution in [0.1, 0.15) is 45.5 Å². The minimum absolute atomic E-state index is 0.0437. The molecule has 3 aromatic rings. The number of nitrogens with one attached hydrogen (secondary N) is 4. The number of likely N-dealkylation sites (tertiary alicyclic amines) is 1. The van der Waals surface area contributed by atoms with E-state index >= 15 is 0 Å². The molecule has 4 aliphatic rings. The molecule has 2 fully saturated rings. The third kappa shape index (κ3) is 11.3. The monoisotopic (exact) mass is 912 g/mol. The number of aliphatic imine (C=N–C) groups is 1. The van der Waals surface area contributed by atoms with Gasteiger partial charge in [-0.25, -0.2) is 18.0 Å². The molecule has 17 nitrogen and oxygen atoms in total. The topological polar surface area (TPSA) is 192 Å². The summed E-state index contributed by atoms with van der Waals surface area (Å²) in [6.45, 7) is 3.29. The van der Waals surface area contributed by atoms with E-state index in [2.05, 4.69) is 21.3 Å². The number of benzene rings is 3. The van der Waals surface area contributed by atoms with Crippen LogP contribution in [0.5, 0.6) is 0 Å². The number of rotatable bonds is 20. The number of amides is 6. The SMILES string of the molecule is O=C1CCC(N2C(=O)c3cccc(NCCOCCOCCOCCOCCNC(=O)N4CCC(N=C5Nc6cc(F)ccc6N(CC(F)F)c6ccc(Cl)cc65)C4)c3C2=O)C(=O)N1. The molecule has 0 bridgehead atoms. The summed E-state index contributed by atoms with van der Waals surface area (Å²) in [7, 11) is 0. The molecule has 7 rings (SSSR count). The van der Waals surface area contributed by atoms with Crippen molar-refractivity contribution in [2.75, 3.05) is 101 Å². The van der Waals surface area contributed by atoms with Crippen molar-refractivity contribution >= 4 is 69.8 Å². The number of halogens is 4. The second-order valence-corrected chi connectivity index (χ2v) is 15.5. The van der Waals surface area contributed by atoms with E-state index in [0.717, 1.165) is 4.90 Å². The lowest BCUT2D eigenvalue weighted by Gasteiger charge is -2.27. The van der Waals surface area contributed by atoms with Crippen molar-refractivity contribution in [3.05, 3.63) is 82.1 Å². The molecule has 0 saturated carbocycles. The Hall–Kier alpha value is -5.80. The van der Waals surface area contributed by atoms with Crippen LogP contribution in [-0.4, -0.2) is 149 Å². The van der Waals surface area contributed by atoms with Gasteiger partial charge in [0.1, 0.15) is 17.7 Å². The van der Waals surface area contributed by atoms with E-state index < -0.39 is 48.5 Å². The van der Waals surface area contributed by atoms with Crippen LogP contribution in [0.25, 0.3) is 0 Å². The minimum atomic E-state index is -2.67. The summed E-state index contributed by atoms with van der Waals surface area (Å²) in [6.07, 6.45) is -2.00. The number of hydrogen-bond donors (Lipinski definition) is 4. The van der Waals surface area contributed by atoms with Gasteiger partial charge in [0, 0.05) is 48.9 Å². The molecule has 342 valence electrons. The molecule has 4 heterocycles. The average molecular weight is 913 g/mol. The lowest BCUT2D eigenvalue weighted by Crippen LogP contribution is -2.54. The van der Waals surface area contributed by atoms with E-state index in [1.54, 1.807) is 35.2 Å². The quantitative estimate of drug-likeness (QED) is 0.0924. The van der Waals surface area contributed by atoms with Gasteiger partial charge in [0.2, 0.25) is 11.8 Å². The Bertz CT molecular complexity index is 2250. The lowest BCUT2D eigenvalue weighted by atomic mass is 10.0. The minimum Gasteiger partial charge on any atom is -0.382 e. The molecule has 2 unspecified atom stereocenters. The molecule has 0 aliphatic carbocycles. The molecule has 4 aliphatic heterocycles. The average Bonchev–Trinajstić information content (AvgIpc) is 3.81. The number of urea groups is 1. The predicted molar refractivity (Wildman–Crippen MR) is 229 cm³/mol. The van der Waals surface area contributed by atoms with Crippen molar-refractivity contribution in [2.24, 2.45) is 4.99 Å². The molecule has 21 heteroatoms. The fourth-order valence-electron chi connectivity index (χ4n) is 7.78. The zero-order valence-electron chi connectivity index (χ0n) is 34.7. The van der Waals surface area contributed by atoms with E-state index in [4.69, 9.17) is 35.5 Å². The van der Waals surface area contributed by atoms with Crippen LogP contribution in [0.15, 0.2) is 59.6 Å². The first-order valence-electron chi connectivity index (χ1n) is 20.9. The van der Waals surface area contributed by atoms with Gasteiger partial charge in [-0.2, -0.15) is 0 Å². The zero-order valence-corrected chi connectivity index (χ0v) is 35.5. The smallest absolute Gasteiger partial charge is 0.317 e. The van der Waals surface area contributed by atoms with Crippen LogP contribution in [-0.2, 0) is 28.5 Å². The van der Waals surface area contributed by atoms with Gasteiger partial charge in [-0.3, -0.25) is 34.4 Å². The summed E-state index contributed by atoms with van der Waals surface area (Å²) in [4.78, 5) is 71.9. The summed E-state index contributed by atoms with van der Waals surface area (Å²) in [5.74, 6) is -2.46. The molecule has 3 aromatic carbocycles. The zero-order chi connectivity index (χ0) is 45.2. The number of piperidine rings is 1. The van der Waals surface area contributed by atoms with Crippen molar-refractivity contribution < 1.29 is 56.1 Å². The second-order valence-electron chi connectivity index (χ2n) is 15.1. The summed E-state index contributed by atoms with van der Waals surface area (Å²) < 4.78 is 64.1. The molecular weight excluding hydrogens is 865 g/mol. The highest BCUT2D eigenvalue weighted by atomic mass is 35.5. The number of carbonyl (C=O) groups is 5. The molecule has 6 amide bonds. The Morgan fingerprint density at radius 2 is 1.53 bits per heavy atom. The normalized spacial score (nSPS) is 18.8. The summed E-state index contributed by atoms with van der Waals surface area (Å²) in [5.41, 5.74) is 2.39. The first kappa shape index (κ1) is 46.2. The molecule has 2 atom stereocenters. The molecule has 0 radical (unpaired) electrons. The van der Waals surface area contributed by atoms with Crippen molar-refractivity contribution in [3.63, 3.8) is 0 Å². The van der Waals surface area contributed by atoms with Crippen LogP contribution in [0, 0.1) is 5.82 Å². The standard InChI is InChI=1S/C43H48ClF3N8O9/c44-26-4-6-33-30(22-26)39(51-32-23-27(45)5-7-34(32)54(33)25-36(46)47)50-28-10-13-53(24-28)43(60)49-12-15-62-17-19-64-21-20-63-18-16-61-14-11-48-31-3-1-2-29-38(31)42(59)55(41(29)58)35-8-9-37(56)52-40(35)57/h1-7,22-23,28,35-36,48H,8-21,24-25H2,(H,49,60)(H,50,51)(H,52,56,57). The Labute approximate surface area is 371 Å². The Morgan fingerprint density at radius 1 is 0.828 bits per heavy atom. The van der Waals surface area contributed by atoms with Crippen LogP contribution >= 0.6 is 11.6 Å². The summed E-state index contributed by atoms with van der Waals surface area (Å²) >= 11 is 6.33. The number of hydrogen-bond acceptors (Lipinski definition) is 12. The fraction of sp³-hybridized carbons (Fsp3) is 0.442. The number of carbonyl (C=O) groups excluding carboxylic acids is 5. The summed E-state index contributed by atoms with van der Waals surface area (Å²) in [5, 5.41) is 11.7. The lowest BCUT2D eigenvalue weighted by molar-refractivity contribution is -0.136. The van der Waals surface area contributed by atoms with Gasteiger partial charge in [-0.1, -0.05) is 17.7 Å². The van der Waals surface area contributed by atoms with Gasteiger partial charge in [-0.05, 0) is 61.4 Å². The van der Waals surface area contributed by atoms with E-state index in [1.807, 2.05) is 0 Å². The van der Waals surface area contributed by atoms with Gasteiger partial charge in [-0.15, -0.1) is 0 Å². The number of ether oxygens (including phenoxy) is 4. The first-order valence-corrected chi connectivity index (χ1v) is 21.3. The highest BCUT2D eigenvalue weighted by molar-refractivity contribution is 6.31. The van der Waals surface area contributed by atoms with E-state index in [-0.39, 0.29) is 54.9 Å². The van der Waals surface area contributed by atoms with Gasteiger partial charge in [0.25, 0.3) is 18.2 Å². The number of anilines is 4. The Morgan fingerprint density at radius 3 is 2.25 bits per heavy atom. The van der Waals surface area contributed by atoms with Gasteiger partial charge < -0.3 is 44.7 Å². The van der Waals surface area contributed by atoms with Gasteiger partial charge >= 0.3 is 6.03 Å². The predicted octanol–water partition coefficient (Wildman–Crippen LogP) is 4.42. The molecule has 0 aromatic heterocycles. The van der Waals surface area contributed by atoms with E-state index in [9.17, 15) is 37.1 Å². The molecule has 64 heavy (non-hydrogen) atoms. The Kier molecular flexibility index (Phi) is 15.7. The van der Waals surface area contributed by atoms with Crippen molar-refractivity contribution in [1.82, 2.24) is 20.4 Å². The number of nitrogens with zero attached hydrogens (tertiary/aromatic N) is 4. The third-order valence-electron chi connectivity index (χ3n) is 10.8. The molecule has 2 saturated heterocycles. The van der Waals surface area contributed by atoms with Crippen molar-refractivity contribution in [3.8, 4) is 0 Å². The Balaban J connectivity index is 0.730. The molecule has 0 spiro atoms. The molecular formula is C43H48ClF3N8O9. The number of fused-ring (bicyclic) bond motifs is 3. The number of amidine groups is 1. The maximum atomic E-state index is 14.3. The van der Waals surface area contributed by atoms with Crippen molar-refractivity contribution in [2.45, 2.75) is 37.8 Å². The highest BCUT2D eigenvalue weighted by Gasteiger charge is 2.45. The third-order valence-corrected chi connectivity index (χ3v) is 11.0. The number of alkyl halides is 2. The molecule has 4 N–H and O–H groups in total. The van der Waals surface area contributed by atoms with Crippen LogP contribution in [0.3, 0.4) is 0 Å². The fourth-order valence-corrected chi connectivity index (χ4v) is 7.95. The first-order chi connectivity index (χ1) is 31.0. The van der Waals surface area contributed by atoms with E-state index in [1.165, 1.54) is 29.2 Å². The van der Waals surface area contributed by atoms with Gasteiger partial charge in [0.05, 0.1) is 93.6 Å². The van der Waals surface area contributed by atoms with Crippen LogP contribution < -0.4 is 26.2 Å². The number of imide groups is 2. The summed E-state index contributed by atoms with van der Waals surface area (Å²) in [6, 6.07) is 12.0.